The van der Waals surface area contributed by atoms with E-state index in [4.69, 9.17) is 0 Å². The van der Waals surface area contributed by atoms with Gasteiger partial charge in [-0.2, -0.15) is 0 Å². The highest BCUT2D eigenvalue weighted by Crippen LogP contribution is 2.18. The van der Waals surface area contributed by atoms with E-state index >= 15 is 0 Å². The first-order valence-corrected chi connectivity index (χ1v) is 7.25. The SMILES string of the molecule is CCCNCC(c1ccccc1)N(C)CCN(C)C. The fraction of sp³-hybridized carbons (Fsp3) is 0.625. The second kappa shape index (κ2) is 9.08. The van der Waals surface area contributed by atoms with Crippen LogP contribution in [-0.2, 0) is 0 Å². The van der Waals surface area contributed by atoms with Crippen molar-refractivity contribution in [2.45, 2.75) is 19.4 Å². The van der Waals surface area contributed by atoms with Crippen LogP contribution in [0.4, 0.5) is 0 Å². The maximum Gasteiger partial charge on any atom is 0.0470 e. The number of nitrogens with one attached hydrogen (secondary N) is 1. The highest BCUT2D eigenvalue weighted by Gasteiger charge is 2.16. The van der Waals surface area contributed by atoms with E-state index in [2.05, 4.69) is 73.5 Å². The van der Waals surface area contributed by atoms with Gasteiger partial charge in [0.2, 0.25) is 0 Å². The summed E-state index contributed by atoms with van der Waals surface area (Å²) in [6.45, 7) is 6.49. The summed E-state index contributed by atoms with van der Waals surface area (Å²) in [5.41, 5.74) is 1.40. The van der Waals surface area contributed by atoms with Crippen LogP contribution in [0.25, 0.3) is 0 Å². The Morgan fingerprint density at radius 1 is 1.05 bits per heavy atom. The van der Waals surface area contributed by atoms with Crippen molar-refractivity contribution in [2.75, 3.05) is 47.3 Å². The predicted molar refractivity (Wildman–Crippen MR) is 83.5 cm³/mol. The standard InChI is InChI=1S/C16H29N3/c1-5-11-17-14-16(15-9-7-6-8-10-15)19(4)13-12-18(2)3/h6-10,16-17H,5,11-14H2,1-4H3. The molecule has 1 unspecified atom stereocenters. The minimum Gasteiger partial charge on any atom is -0.315 e. The van der Waals surface area contributed by atoms with Gasteiger partial charge in [0.25, 0.3) is 0 Å². The van der Waals surface area contributed by atoms with Crippen molar-refractivity contribution in [3.8, 4) is 0 Å². The maximum absolute atomic E-state index is 3.55. The molecule has 0 amide bonds. The Labute approximate surface area is 118 Å². The second-order valence-corrected chi connectivity index (χ2v) is 5.41. The normalized spacial score (nSPS) is 13.2. The molecule has 0 radical (unpaired) electrons. The Hall–Kier alpha value is -0.900. The summed E-state index contributed by atoms with van der Waals surface area (Å²) in [6, 6.07) is 11.2. The molecule has 3 heteroatoms. The smallest absolute Gasteiger partial charge is 0.0470 e. The molecule has 0 saturated carbocycles. The summed E-state index contributed by atoms with van der Waals surface area (Å²) < 4.78 is 0. The van der Waals surface area contributed by atoms with Crippen molar-refractivity contribution in [2.24, 2.45) is 0 Å². The van der Waals surface area contributed by atoms with Gasteiger partial charge >= 0.3 is 0 Å². The minimum absolute atomic E-state index is 0.452. The van der Waals surface area contributed by atoms with Gasteiger partial charge in [0.05, 0.1) is 0 Å². The lowest BCUT2D eigenvalue weighted by molar-refractivity contribution is 0.214. The first kappa shape index (κ1) is 16.2. The molecule has 19 heavy (non-hydrogen) atoms. The molecule has 0 aliphatic heterocycles. The maximum atomic E-state index is 3.55. The lowest BCUT2D eigenvalue weighted by atomic mass is 10.1. The summed E-state index contributed by atoms with van der Waals surface area (Å²) in [5.74, 6) is 0. The van der Waals surface area contributed by atoms with Gasteiger partial charge in [0.1, 0.15) is 0 Å². The van der Waals surface area contributed by atoms with Crippen LogP contribution in [0.3, 0.4) is 0 Å². The zero-order chi connectivity index (χ0) is 14.1. The molecule has 0 heterocycles. The third kappa shape index (κ3) is 6.19. The fourth-order valence-electron chi connectivity index (χ4n) is 2.13. The van der Waals surface area contributed by atoms with Crippen LogP contribution in [0.15, 0.2) is 30.3 Å². The van der Waals surface area contributed by atoms with Crippen LogP contribution in [0.2, 0.25) is 0 Å². The Balaban J connectivity index is 2.63. The van der Waals surface area contributed by atoms with E-state index in [9.17, 15) is 0 Å². The van der Waals surface area contributed by atoms with Crippen LogP contribution in [0, 0.1) is 0 Å². The Kier molecular flexibility index (Phi) is 7.72. The first-order valence-electron chi connectivity index (χ1n) is 7.25. The average molecular weight is 263 g/mol. The van der Waals surface area contributed by atoms with Gasteiger partial charge in [-0.15, -0.1) is 0 Å². The zero-order valence-electron chi connectivity index (χ0n) is 12.9. The molecule has 1 aromatic carbocycles. The summed E-state index contributed by atoms with van der Waals surface area (Å²) in [4.78, 5) is 4.68. The van der Waals surface area contributed by atoms with Crippen molar-refractivity contribution in [3.63, 3.8) is 0 Å². The summed E-state index contributed by atoms with van der Waals surface area (Å²) in [6.07, 6.45) is 1.18. The van der Waals surface area contributed by atoms with Crippen LogP contribution in [0.5, 0.6) is 0 Å². The van der Waals surface area contributed by atoms with Gasteiger partial charge in [-0.25, -0.2) is 0 Å². The number of likely N-dealkylation sites (N-methyl/N-ethyl adjacent to an activating group) is 2. The van der Waals surface area contributed by atoms with Gasteiger partial charge in [-0.1, -0.05) is 37.3 Å². The largest absolute Gasteiger partial charge is 0.315 e. The number of hydrogen-bond donors (Lipinski definition) is 1. The fourth-order valence-corrected chi connectivity index (χ4v) is 2.13. The lowest BCUT2D eigenvalue weighted by Gasteiger charge is -2.30. The predicted octanol–water partition coefficient (Wildman–Crippen LogP) is 2.22. The summed E-state index contributed by atoms with van der Waals surface area (Å²) in [7, 11) is 6.47. The Morgan fingerprint density at radius 2 is 1.74 bits per heavy atom. The van der Waals surface area contributed by atoms with Crippen molar-refractivity contribution in [3.05, 3.63) is 35.9 Å². The van der Waals surface area contributed by atoms with E-state index in [1.807, 2.05) is 0 Å². The molecule has 1 aromatic rings. The molecule has 108 valence electrons. The van der Waals surface area contributed by atoms with Crippen LogP contribution in [-0.4, -0.2) is 57.1 Å². The molecule has 3 nitrogen and oxygen atoms in total. The van der Waals surface area contributed by atoms with Crippen LogP contribution < -0.4 is 5.32 Å². The number of rotatable bonds is 9. The van der Waals surface area contributed by atoms with E-state index in [0.717, 1.165) is 26.2 Å². The van der Waals surface area contributed by atoms with Crippen LogP contribution >= 0.6 is 0 Å². The van der Waals surface area contributed by atoms with Crippen molar-refractivity contribution in [1.82, 2.24) is 15.1 Å². The van der Waals surface area contributed by atoms with Crippen molar-refractivity contribution >= 4 is 0 Å². The van der Waals surface area contributed by atoms with E-state index in [1.54, 1.807) is 0 Å². The molecule has 0 fully saturated rings. The number of nitrogens with zero attached hydrogens (tertiary/aromatic N) is 2. The average Bonchev–Trinajstić information content (AvgIpc) is 2.42. The molecule has 1 atom stereocenters. The van der Waals surface area contributed by atoms with Gasteiger partial charge in [0, 0.05) is 25.7 Å². The number of benzene rings is 1. The second-order valence-electron chi connectivity index (χ2n) is 5.41. The van der Waals surface area contributed by atoms with Gasteiger partial charge in [-0.3, -0.25) is 4.90 Å². The molecule has 1 N–H and O–H groups in total. The Bertz CT molecular complexity index is 324. The van der Waals surface area contributed by atoms with Crippen molar-refractivity contribution < 1.29 is 0 Å². The summed E-state index contributed by atoms with van der Waals surface area (Å²) >= 11 is 0. The summed E-state index contributed by atoms with van der Waals surface area (Å²) in [5, 5.41) is 3.55. The van der Waals surface area contributed by atoms with Gasteiger partial charge in [-0.05, 0) is 39.7 Å². The molecule has 0 bridgehead atoms. The monoisotopic (exact) mass is 263 g/mol. The number of hydrogen-bond acceptors (Lipinski definition) is 3. The lowest BCUT2D eigenvalue weighted by Crippen LogP contribution is -2.37. The van der Waals surface area contributed by atoms with Crippen molar-refractivity contribution in [1.29, 1.82) is 0 Å². The highest BCUT2D eigenvalue weighted by atomic mass is 15.2. The van der Waals surface area contributed by atoms with Gasteiger partial charge in [0.15, 0.2) is 0 Å². The molecular weight excluding hydrogens is 234 g/mol. The molecule has 0 spiro atoms. The molecule has 0 aliphatic carbocycles. The molecule has 0 saturated heterocycles. The van der Waals surface area contributed by atoms with E-state index < -0.39 is 0 Å². The van der Waals surface area contributed by atoms with Crippen LogP contribution in [0.1, 0.15) is 24.9 Å². The molecule has 1 rings (SSSR count). The van der Waals surface area contributed by atoms with Gasteiger partial charge < -0.3 is 10.2 Å². The first-order chi connectivity index (χ1) is 9.15. The third-order valence-electron chi connectivity index (χ3n) is 3.38. The Morgan fingerprint density at radius 3 is 2.32 bits per heavy atom. The van der Waals surface area contributed by atoms with E-state index in [-0.39, 0.29) is 0 Å². The molecule has 0 aliphatic rings. The third-order valence-corrected chi connectivity index (χ3v) is 3.38. The molecular formula is C16H29N3. The van der Waals surface area contributed by atoms with E-state index in [0.29, 0.717) is 6.04 Å². The topological polar surface area (TPSA) is 18.5 Å². The van der Waals surface area contributed by atoms with E-state index in [1.165, 1.54) is 12.0 Å². The quantitative estimate of drug-likeness (QED) is 0.689. The zero-order valence-corrected chi connectivity index (χ0v) is 12.9. The molecule has 0 aromatic heterocycles. The minimum atomic E-state index is 0.452. The highest BCUT2D eigenvalue weighted by molar-refractivity contribution is 5.19.